The predicted octanol–water partition coefficient (Wildman–Crippen LogP) is 2.89. The van der Waals surface area contributed by atoms with E-state index in [0.29, 0.717) is 11.7 Å². The van der Waals surface area contributed by atoms with Crippen LogP contribution in [0.2, 0.25) is 0 Å². The first-order chi connectivity index (χ1) is 8.74. The first-order valence-corrected chi connectivity index (χ1v) is 7.02. The van der Waals surface area contributed by atoms with Gasteiger partial charge in [0.1, 0.15) is 5.78 Å². The van der Waals surface area contributed by atoms with Crippen molar-refractivity contribution in [2.45, 2.75) is 39.0 Å². The molecular formula is C16H23NO. The second-order valence-electron chi connectivity index (χ2n) is 5.42. The normalized spacial score (nSPS) is 17.1. The van der Waals surface area contributed by atoms with E-state index >= 15 is 0 Å². The second-order valence-corrected chi connectivity index (χ2v) is 5.42. The third kappa shape index (κ3) is 4.26. The molecular weight excluding hydrogens is 222 g/mol. The minimum Gasteiger partial charge on any atom is -0.316 e. The van der Waals surface area contributed by atoms with Crippen molar-refractivity contribution in [2.24, 2.45) is 5.92 Å². The molecule has 0 unspecified atom stereocenters. The Bertz CT molecular complexity index is 373. The van der Waals surface area contributed by atoms with E-state index in [0.717, 1.165) is 45.2 Å². The van der Waals surface area contributed by atoms with E-state index < -0.39 is 0 Å². The lowest BCUT2D eigenvalue weighted by atomic mass is 9.88. The van der Waals surface area contributed by atoms with Crippen LogP contribution in [0, 0.1) is 12.8 Å². The molecule has 2 rings (SSSR count). The molecule has 0 aliphatic heterocycles. The van der Waals surface area contributed by atoms with E-state index in [1.54, 1.807) is 0 Å². The number of benzene rings is 1. The highest BCUT2D eigenvalue weighted by molar-refractivity contribution is 5.79. The molecule has 0 aromatic heterocycles. The molecule has 0 bridgehead atoms. The largest absolute Gasteiger partial charge is 0.316 e. The average Bonchev–Trinajstić information content (AvgIpc) is 2.39. The Morgan fingerprint density at radius 1 is 1.17 bits per heavy atom. The zero-order valence-corrected chi connectivity index (χ0v) is 11.2. The van der Waals surface area contributed by atoms with Crippen LogP contribution in [0.25, 0.3) is 0 Å². The minimum atomic E-state index is 0.450. The number of hydrogen-bond acceptors (Lipinski definition) is 2. The summed E-state index contributed by atoms with van der Waals surface area (Å²) in [6.45, 7) is 4.22. The standard InChI is InChI=1S/C16H23NO/c1-13-2-4-14(5-3-13)10-11-17-12-15-6-8-16(18)9-7-15/h2-5,15,17H,6-12H2,1H3. The molecule has 0 spiro atoms. The van der Waals surface area contributed by atoms with Crippen molar-refractivity contribution in [3.63, 3.8) is 0 Å². The molecule has 98 valence electrons. The van der Waals surface area contributed by atoms with Crippen LogP contribution in [0.1, 0.15) is 36.8 Å². The Kier molecular flexibility index (Phi) is 4.94. The van der Waals surface area contributed by atoms with Gasteiger partial charge in [0.05, 0.1) is 0 Å². The van der Waals surface area contributed by atoms with Crippen molar-refractivity contribution in [1.29, 1.82) is 0 Å². The summed E-state index contributed by atoms with van der Waals surface area (Å²) in [6.07, 6.45) is 4.84. The summed E-state index contributed by atoms with van der Waals surface area (Å²) in [4.78, 5) is 11.1. The van der Waals surface area contributed by atoms with E-state index in [1.165, 1.54) is 11.1 Å². The zero-order valence-electron chi connectivity index (χ0n) is 11.2. The van der Waals surface area contributed by atoms with Crippen molar-refractivity contribution >= 4 is 5.78 Å². The molecule has 18 heavy (non-hydrogen) atoms. The highest BCUT2D eigenvalue weighted by Gasteiger charge is 2.17. The van der Waals surface area contributed by atoms with Crippen LogP contribution >= 0.6 is 0 Å². The summed E-state index contributed by atoms with van der Waals surface area (Å²) in [5, 5.41) is 3.52. The van der Waals surface area contributed by atoms with Crippen LogP contribution in [0.3, 0.4) is 0 Å². The van der Waals surface area contributed by atoms with Crippen LogP contribution in [-0.2, 0) is 11.2 Å². The molecule has 1 fully saturated rings. The Morgan fingerprint density at radius 3 is 2.50 bits per heavy atom. The zero-order chi connectivity index (χ0) is 12.8. The first-order valence-electron chi connectivity index (χ1n) is 7.02. The Morgan fingerprint density at radius 2 is 1.83 bits per heavy atom. The van der Waals surface area contributed by atoms with Gasteiger partial charge >= 0.3 is 0 Å². The van der Waals surface area contributed by atoms with Gasteiger partial charge in [0.15, 0.2) is 0 Å². The molecule has 1 aliphatic carbocycles. The molecule has 1 saturated carbocycles. The van der Waals surface area contributed by atoms with Crippen LogP contribution in [0.5, 0.6) is 0 Å². The van der Waals surface area contributed by atoms with Crippen LogP contribution in [-0.4, -0.2) is 18.9 Å². The number of ketones is 1. The van der Waals surface area contributed by atoms with Crippen molar-refractivity contribution in [1.82, 2.24) is 5.32 Å². The van der Waals surface area contributed by atoms with Crippen molar-refractivity contribution in [3.05, 3.63) is 35.4 Å². The minimum absolute atomic E-state index is 0.450. The SMILES string of the molecule is Cc1ccc(CCNCC2CCC(=O)CC2)cc1. The van der Waals surface area contributed by atoms with Crippen LogP contribution < -0.4 is 5.32 Å². The molecule has 0 atom stereocenters. The first kappa shape index (κ1) is 13.3. The number of nitrogens with one attached hydrogen (secondary N) is 1. The van der Waals surface area contributed by atoms with E-state index in [4.69, 9.17) is 0 Å². The van der Waals surface area contributed by atoms with Gasteiger partial charge in [-0.2, -0.15) is 0 Å². The summed E-state index contributed by atoms with van der Waals surface area (Å²) in [5.74, 6) is 1.16. The fraction of sp³-hybridized carbons (Fsp3) is 0.562. The molecule has 1 aromatic carbocycles. The Hall–Kier alpha value is -1.15. The lowest BCUT2D eigenvalue weighted by Crippen LogP contribution is -2.28. The predicted molar refractivity (Wildman–Crippen MR) is 74.7 cm³/mol. The van der Waals surface area contributed by atoms with E-state index in [2.05, 4.69) is 36.5 Å². The highest BCUT2D eigenvalue weighted by Crippen LogP contribution is 2.20. The van der Waals surface area contributed by atoms with Gasteiger partial charge in [0, 0.05) is 12.8 Å². The molecule has 2 nitrogen and oxygen atoms in total. The molecule has 2 heteroatoms. The smallest absolute Gasteiger partial charge is 0.132 e. The van der Waals surface area contributed by atoms with Gasteiger partial charge in [-0.15, -0.1) is 0 Å². The summed E-state index contributed by atoms with van der Waals surface area (Å²) >= 11 is 0. The second kappa shape index (κ2) is 6.69. The number of Topliss-reactive ketones (excluding diaryl/α,β-unsaturated/α-hetero) is 1. The molecule has 0 amide bonds. The maximum atomic E-state index is 11.1. The van der Waals surface area contributed by atoms with Crippen LogP contribution in [0.15, 0.2) is 24.3 Å². The number of carbonyl (C=O) groups excluding carboxylic acids is 1. The van der Waals surface area contributed by atoms with E-state index in [9.17, 15) is 4.79 Å². The van der Waals surface area contributed by atoms with Crippen molar-refractivity contribution < 1.29 is 4.79 Å². The molecule has 1 aliphatic rings. The van der Waals surface area contributed by atoms with Crippen molar-refractivity contribution in [3.8, 4) is 0 Å². The number of carbonyl (C=O) groups is 1. The van der Waals surface area contributed by atoms with Gasteiger partial charge in [-0.25, -0.2) is 0 Å². The van der Waals surface area contributed by atoms with Gasteiger partial charge in [0.2, 0.25) is 0 Å². The number of aryl methyl sites for hydroxylation is 1. The fourth-order valence-corrected chi connectivity index (χ4v) is 2.50. The molecule has 1 aromatic rings. The molecule has 1 N–H and O–H groups in total. The number of hydrogen-bond donors (Lipinski definition) is 1. The summed E-state index contributed by atoms with van der Waals surface area (Å²) in [5.41, 5.74) is 2.71. The van der Waals surface area contributed by atoms with E-state index in [1.807, 2.05) is 0 Å². The lowest BCUT2D eigenvalue weighted by molar-refractivity contribution is -0.120. The van der Waals surface area contributed by atoms with Gasteiger partial charge in [0.25, 0.3) is 0 Å². The third-order valence-corrected chi connectivity index (χ3v) is 3.81. The Labute approximate surface area is 110 Å². The Balaban J connectivity index is 1.61. The lowest BCUT2D eigenvalue weighted by Gasteiger charge is -2.21. The number of rotatable bonds is 5. The topological polar surface area (TPSA) is 29.1 Å². The molecule has 0 heterocycles. The summed E-state index contributed by atoms with van der Waals surface area (Å²) in [6, 6.07) is 8.75. The fourth-order valence-electron chi connectivity index (χ4n) is 2.50. The van der Waals surface area contributed by atoms with Gasteiger partial charge < -0.3 is 5.32 Å². The van der Waals surface area contributed by atoms with E-state index in [-0.39, 0.29) is 0 Å². The highest BCUT2D eigenvalue weighted by atomic mass is 16.1. The maximum absolute atomic E-state index is 11.1. The summed E-state index contributed by atoms with van der Waals surface area (Å²) < 4.78 is 0. The molecule has 0 radical (unpaired) electrons. The molecule has 0 saturated heterocycles. The quantitative estimate of drug-likeness (QED) is 0.808. The average molecular weight is 245 g/mol. The monoisotopic (exact) mass is 245 g/mol. The van der Waals surface area contributed by atoms with Gasteiger partial charge in [-0.3, -0.25) is 4.79 Å². The van der Waals surface area contributed by atoms with Gasteiger partial charge in [-0.05, 0) is 50.8 Å². The van der Waals surface area contributed by atoms with Crippen molar-refractivity contribution in [2.75, 3.05) is 13.1 Å². The van der Waals surface area contributed by atoms with Gasteiger partial charge in [-0.1, -0.05) is 29.8 Å². The maximum Gasteiger partial charge on any atom is 0.132 e. The summed E-state index contributed by atoms with van der Waals surface area (Å²) in [7, 11) is 0. The van der Waals surface area contributed by atoms with Crippen LogP contribution in [0.4, 0.5) is 0 Å². The third-order valence-electron chi connectivity index (χ3n) is 3.81.